The van der Waals surface area contributed by atoms with Gasteiger partial charge in [-0.1, -0.05) is 0 Å². The topological polar surface area (TPSA) is 313 Å². The molecule has 0 heterocycles. The minimum atomic E-state index is -2.97. The fraction of sp³-hybridized carbons (Fsp3) is 0.500. The standard InChI is InChI=1S/2C6H8O7.3Fe.H2O/c2*7-3(8)1-6(13,5(11)12)2-4(9)10;;;;/h2*13H,1-2H2,(H,7,8)(H,9,10)(H,11,12);;;;1H2/q;;3*+2;/p-6. The Kier molecular flexibility index (Phi) is 25.5. The van der Waals surface area contributed by atoms with Crippen LogP contribution in [0.4, 0.5) is 0 Å². The summed E-state index contributed by atoms with van der Waals surface area (Å²) in [5, 5.41) is 77.9. The molecule has 0 radical (unpaired) electrons. The summed E-state index contributed by atoms with van der Waals surface area (Å²) in [5.41, 5.74) is -5.95. The second-order valence-corrected chi connectivity index (χ2v) is 4.83. The van der Waals surface area contributed by atoms with Crippen LogP contribution in [0.2, 0.25) is 0 Å². The van der Waals surface area contributed by atoms with Crippen LogP contribution in [0.15, 0.2) is 0 Å². The number of hydrogen-bond acceptors (Lipinski definition) is 14. The first-order chi connectivity index (χ1) is 11.6. The summed E-state index contributed by atoms with van der Waals surface area (Å²) in [5.74, 6) is -12.0. The quantitative estimate of drug-likeness (QED) is 0.233. The Morgan fingerprint density at radius 3 is 0.700 bits per heavy atom. The number of carbonyl (C=O) groups excluding carboxylic acids is 6. The fourth-order valence-electron chi connectivity index (χ4n) is 1.37. The molecule has 15 nitrogen and oxygen atoms in total. The van der Waals surface area contributed by atoms with Crippen molar-refractivity contribution in [2.75, 3.05) is 0 Å². The number of hydrogen-bond donors (Lipinski definition) is 2. The van der Waals surface area contributed by atoms with Crippen molar-refractivity contribution in [1.82, 2.24) is 0 Å². The number of carboxylic acid groups (broad SMARTS) is 6. The number of aliphatic hydroxyl groups is 2. The molecule has 0 aliphatic heterocycles. The molecule has 4 N–H and O–H groups in total. The summed E-state index contributed by atoms with van der Waals surface area (Å²) in [7, 11) is 0. The van der Waals surface area contributed by atoms with E-state index in [9.17, 15) is 59.4 Å². The smallest absolute Gasteiger partial charge is 0.550 e. The SMILES string of the molecule is O.O=C([O-])CC(O)(CC(=O)[O-])C(=O)[O-].O=C([O-])CC(O)(CC(=O)[O-])C(=O)[O-].[Fe+2].[Fe+2].[Fe+2]. The van der Waals surface area contributed by atoms with E-state index in [2.05, 4.69) is 0 Å². The molecule has 0 spiro atoms. The molecular formula is C12H12Fe3O15. The first kappa shape index (κ1) is 42.4. The molecule has 0 saturated heterocycles. The molecule has 0 aliphatic carbocycles. The normalized spacial score (nSPS) is 9.40. The van der Waals surface area contributed by atoms with Gasteiger partial charge in [-0.2, -0.15) is 0 Å². The molecule has 0 aromatic carbocycles. The van der Waals surface area contributed by atoms with Gasteiger partial charge in [0.1, 0.15) is 11.2 Å². The van der Waals surface area contributed by atoms with E-state index in [0.717, 1.165) is 0 Å². The van der Waals surface area contributed by atoms with E-state index >= 15 is 0 Å². The zero-order valence-electron chi connectivity index (χ0n) is 14.2. The van der Waals surface area contributed by atoms with E-state index in [1.54, 1.807) is 0 Å². The van der Waals surface area contributed by atoms with Crippen LogP contribution in [-0.2, 0) is 80.0 Å². The average molecular weight is 564 g/mol. The van der Waals surface area contributed by atoms with Crippen molar-refractivity contribution in [3.05, 3.63) is 0 Å². The van der Waals surface area contributed by atoms with Gasteiger partial charge in [0.15, 0.2) is 0 Å². The molecule has 0 unspecified atom stereocenters. The maximum absolute atomic E-state index is 10.1. The van der Waals surface area contributed by atoms with Gasteiger partial charge in [-0.25, -0.2) is 0 Å². The van der Waals surface area contributed by atoms with E-state index in [4.69, 9.17) is 10.2 Å². The average Bonchev–Trinajstić information content (AvgIpc) is 2.34. The van der Waals surface area contributed by atoms with Gasteiger partial charge in [-0.05, 0) is 0 Å². The van der Waals surface area contributed by atoms with Crippen molar-refractivity contribution in [3.63, 3.8) is 0 Å². The maximum Gasteiger partial charge on any atom is 2.00 e. The summed E-state index contributed by atoms with van der Waals surface area (Å²) < 4.78 is 0. The van der Waals surface area contributed by atoms with Crippen LogP contribution < -0.4 is 30.6 Å². The van der Waals surface area contributed by atoms with Crippen molar-refractivity contribution in [3.8, 4) is 0 Å². The van der Waals surface area contributed by atoms with Crippen molar-refractivity contribution in [2.24, 2.45) is 0 Å². The van der Waals surface area contributed by atoms with Gasteiger partial charge < -0.3 is 75.1 Å². The van der Waals surface area contributed by atoms with Crippen molar-refractivity contribution >= 4 is 35.8 Å². The molecule has 0 saturated carbocycles. The van der Waals surface area contributed by atoms with E-state index in [-0.39, 0.29) is 56.7 Å². The molecule has 30 heavy (non-hydrogen) atoms. The van der Waals surface area contributed by atoms with Crippen LogP contribution >= 0.6 is 0 Å². The van der Waals surface area contributed by atoms with E-state index in [1.165, 1.54) is 0 Å². The molecule has 0 bridgehead atoms. The second kappa shape index (κ2) is 18.1. The minimum Gasteiger partial charge on any atom is -0.550 e. The number of carbonyl (C=O) groups is 6. The van der Waals surface area contributed by atoms with Gasteiger partial charge in [0.25, 0.3) is 0 Å². The molecule has 0 rings (SSSR count). The minimum absolute atomic E-state index is 0. The monoisotopic (exact) mass is 564 g/mol. The fourth-order valence-corrected chi connectivity index (χ4v) is 1.37. The molecule has 0 atom stereocenters. The summed E-state index contributed by atoms with van der Waals surface area (Å²) >= 11 is 0. The first-order valence-electron chi connectivity index (χ1n) is 6.23. The molecule has 0 aliphatic rings. The molecule has 18 heteroatoms. The van der Waals surface area contributed by atoms with Crippen LogP contribution in [0.5, 0.6) is 0 Å². The van der Waals surface area contributed by atoms with E-state index in [1.807, 2.05) is 0 Å². The third-order valence-corrected chi connectivity index (χ3v) is 2.51. The summed E-state index contributed by atoms with van der Waals surface area (Å²) in [4.78, 5) is 60.0. The Bertz CT molecular complexity index is 522. The Morgan fingerprint density at radius 2 is 0.633 bits per heavy atom. The van der Waals surface area contributed by atoms with Gasteiger partial charge in [0.2, 0.25) is 0 Å². The third kappa shape index (κ3) is 18.3. The summed E-state index contributed by atoms with van der Waals surface area (Å²) in [6.07, 6.45) is -5.43. The van der Waals surface area contributed by atoms with Gasteiger partial charge in [-0.3, -0.25) is 0 Å². The summed E-state index contributed by atoms with van der Waals surface area (Å²) in [6.45, 7) is 0. The molecule has 0 aromatic rings. The molecular weight excluding hydrogens is 552 g/mol. The van der Waals surface area contributed by atoms with Crippen molar-refractivity contribution in [2.45, 2.75) is 36.9 Å². The van der Waals surface area contributed by atoms with E-state index in [0.29, 0.717) is 0 Å². The predicted molar refractivity (Wildman–Crippen MR) is 62.0 cm³/mol. The molecule has 174 valence electrons. The maximum atomic E-state index is 10.1. The predicted octanol–water partition coefficient (Wildman–Crippen LogP) is -11.3. The number of aliphatic carboxylic acids is 6. The number of carboxylic acids is 6. The number of rotatable bonds is 10. The van der Waals surface area contributed by atoms with Gasteiger partial charge in [-0.15, -0.1) is 0 Å². The van der Waals surface area contributed by atoms with Crippen LogP contribution in [0, 0.1) is 0 Å². The Hall–Kier alpha value is -1.74. The van der Waals surface area contributed by atoms with Gasteiger partial charge in [0.05, 0.1) is 11.9 Å². The molecule has 0 amide bonds. The summed E-state index contributed by atoms with van der Waals surface area (Å²) in [6, 6.07) is 0. The van der Waals surface area contributed by atoms with Crippen LogP contribution in [0.3, 0.4) is 0 Å². The third-order valence-electron chi connectivity index (χ3n) is 2.51. The Labute approximate surface area is 198 Å². The van der Waals surface area contributed by atoms with Crippen LogP contribution in [0.25, 0.3) is 0 Å². The Morgan fingerprint density at radius 1 is 0.500 bits per heavy atom. The van der Waals surface area contributed by atoms with Gasteiger partial charge in [0, 0.05) is 49.6 Å². The van der Waals surface area contributed by atoms with Crippen LogP contribution in [0.1, 0.15) is 25.7 Å². The van der Waals surface area contributed by atoms with Gasteiger partial charge >= 0.3 is 51.2 Å². The van der Waals surface area contributed by atoms with Crippen LogP contribution in [-0.4, -0.2) is 62.7 Å². The second-order valence-electron chi connectivity index (χ2n) is 4.83. The van der Waals surface area contributed by atoms with E-state index < -0.39 is 72.7 Å². The first-order valence-corrected chi connectivity index (χ1v) is 6.23. The molecule has 0 aromatic heterocycles. The largest absolute Gasteiger partial charge is 2.00 e. The zero-order chi connectivity index (χ0) is 21.3. The van der Waals surface area contributed by atoms with Crippen molar-refractivity contribution < 1.29 is 126 Å². The zero-order valence-corrected chi connectivity index (χ0v) is 17.5. The Balaban J connectivity index is -0.0000000847. The molecule has 0 fully saturated rings. The van der Waals surface area contributed by atoms with Crippen molar-refractivity contribution in [1.29, 1.82) is 0 Å².